The first-order valence-electron chi connectivity index (χ1n) is 9.54. The van der Waals surface area contributed by atoms with Crippen molar-refractivity contribution in [1.82, 2.24) is 10.6 Å². The predicted octanol–water partition coefficient (Wildman–Crippen LogP) is 3.51. The molecule has 0 aliphatic heterocycles. The van der Waals surface area contributed by atoms with E-state index in [1.807, 2.05) is 36.4 Å². The van der Waals surface area contributed by atoms with E-state index in [2.05, 4.69) is 46.9 Å². The van der Waals surface area contributed by atoms with Gasteiger partial charge in [0, 0.05) is 31.9 Å². The van der Waals surface area contributed by atoms with E-state index in [1.165, 1.54) is 0 Å². The fourth-order valence-corrected chi connectivity index (χ4v) is 2.81. The van der Waals surface area contributed by atoms with Crippen molar-refractivity contribution >= 4 is 11.6 Å². The van der Waals surface area contributed by atoms with Crippen molar-refractivity contribution < 1.29 is 9.47 Å². The number of hydrogen-bond acceptors (Lipinski definition) is 4. The van der Waals surface area contributed by atoms with Crippen LogP contribution < -0.4 is 25.4 Å². The lowest BCUT2D eigenvalue weighted by molar-refractivity contribution is 0.354. The molecule has 3 N–H and O–H groups in total. The van der Waals surface area contributed by atoms with Crippen molar-refractivity contribution in [3.8, 4) is 11.5 Å². The van der Waals surface area contributed by atoms with Gasteiger partial charge in [0.05, 0.1) is 14.2 Å². The number of benzene rings is 2. The largest absolute Gasteiger partial charge is 0.493 e. The van der Waals surface area contributed by atoms with E-state index in [-0.39, 0.29) is 6.04 Å². The molecular weight excluding hydrogens is 352 g/mol. The van der Waals surface area contributed by atoms with Crippen LogP contribution in [0.3, 0.4) is 0 Å². The highest BCUT2D eigenvalue weighted by Gasteiger charge is 2.14. The molecule has 28 heavy (non-hydrogen) atoms. The summed E-state index contributed by atoms with van der Waals surface area (Å²) in [5.41, 5.74) is 2.21. The van der Waals surface area contributed by atoms with Crippen molar-refractivity contribution in [2.75, 3.05) is 33.1 Å². The minimum atomic E-state index is 0.280. The number of nitrogens with zero attached hydrogens (tertiary/aromatic N) is 1. The molecule has 0 aliphatic rings. The van der Waals surface area contributed by atoms with Gasteiger partial charge in [-0.2, -0.15) is 0 Å². The Kier molecular flexibility index (Phi) is 8.46. The van der Waals surface area contributed by atoms with Crippen LogP contribution in [-0.2, 0) is 6.54 Å². The van der Waals surface area contributed by atoms with E-state index in [9.17, 15) is 0 Å². The zero-order valence-corrected chi connectivity index (χ0v) is 17.5. The molecule has 0 aromatic heterocycles. The maximum Gasteiger partial charge on any atom is 0.191 e. The Hall–Kier alpha value is -2.89. The number of para-hydroxylation sites is 1. The normalized spacial score (nSPS) is 12.4. The van der Waals surface area contributed by atoms with Crippen molar-refractivity contribution in [3.05, 3.63) is 54.1 Å². The first-order valence-corrected chi connectivity index (χ1v) is 9.54. The zero-order valence-electron chi connectivity index (χ0n) is 17.5. The number of aliphatic imine (C=N–C) groups is 1. The Bertz CT molecular complexity index is 747. The highest BCUT2D eigenvalue weighted by Crippen LogP contribution is 2.27. The monoisotopic (exact) mass is 384 g/mol. The third-order valence-electron chi connectivity index (χ3n) is 4.55. The van der Waals surface area contributed by atoms with Gasteiger partial charge in [-0.1, -0.05) is 38.1 Å². The second-order valence-electron chi connectivity index (χ2n) is 6.86. The Labute approximate surface area is 168 Å². The van der Waals surface area contributed by atoms with Gasteiger partial charge in [-0.05, 0) is 35.7 Å². The van der Waals surface area contributed by atoms with Gasteiger partial charge in [-0.15, -0.1) is 0 Å². The number of guanidine groups is 1. The molecule has 0 saturated heterocycles. The number of methoxy groups -OCH3 is 2. The van der Waals surface area contributed by atoms with Gasteiger partial charge in [-0.3, -0.25) is 4.99 Å². The smallest absolute Gasteiger partial charge is 0.191 e. The van der Waals surface area contributed by atoms with Crippen LogP contribution in [0.15, 0.2) is 53.5 Å². The molecule has 6 nitrogen and oxygen atoms in total. The fourth-order valence-electron chi connectivity index (χ4n) is 2.81. The standard InChI is InChI=1S/C22H32N4O2/c1-16(2)19(26-18-9-7-6-8-10-18)15-25-22(23-3)24-14-17-11-12-20(27-4)21(13-17)28-5/h6-13,16,19,26H,14-15H2,1-5H3,(H2,23,24,25). The van der Waals surface area contributed by atoms with Gasteiger partial charge in [0.25, 0.3) is 0 Å². The Morgan fingerprint density at radius 3 is 2.29 bits per heavy atom. The number of hydrogen-bond donors (Lipinski definition) is 3. The molecule has 0 amide bonds. The molecule has 0 radical (unpaired) electrons. The zero-order chi connectivity index (χ0) is 20.4. The molecule has 6 heteroatoms. The van der Waals surface area contributed by atoms with E-state index in [4.69, 9.17) is 9.47 Å². The summed E-state index contributed by atoms with van der Waals surface area (Å²) in [5.74, 6) is 2.67. The molecule has 0 saturated carbocycles. The van der Waals surface area contributed by atoms with E-state index < -0.39 is 0 Å². The third-order valence-corrected chi connectivity index (χ3v) is 4.55. The van der Waals surface area contributed by atoms with Crippen molar-refractivity contribution in [1.29, 1.82) is 0 Å². The molecule has 0 fully saturated rings. The summed E-state index contributed by atoms with van der Waals surface area (Å²) in [6.45, 7) is 5.82. The van der Waals surface area contributed by atoms with Crippen molar-refractivity contribution in [2.45, 2.75) is 26.4 Å². The molecule has 2 aromatic rings. The summed E-state index contributed by atoms with van der Waals surface area (Å²) in [4.78, 5) is 4.33. The van der Waals surface area contributed by atoms with Gasteiger partial charge in [0.1, 0.15) is 0 Å². The van der Waals surface area contributed by atoms with E-state index in [0.717, 1.165) is 35.3 Å². The van der Waals surface area contributed by atoms with Crippen LogP contribution in [0.4, 0.5) is 5.69 Å². The van der Waals surface area contributed by atoms with E-state index in [1.54, 1.807) is 21.3 Å². The first kappa shape index (κ1) is 21.4. The number of ether oxygens (including phenoxy) is 2. The molecule has 0 heterocycles. The Balaban J connectivity index is 1.91. The molecule has 2 aromatic carbocycles. The highest BCUT2D eigenvalue weighted by molar-refractivity contribution is 5.79. The summed E-state index contributed by atoms with van der Waals surface area (Å²) < 4.78 is 10.7. The highest BCUT2D eigenvalue weighted by atomic mass is 16.5. The van der Waals surface area contributed by atoms with Crippen LogP contribution >= 0.6 is 0 Å². The number of nitrogens with one attached hydrogen (secondary N) is 3. The average Bonchev–Trinajstić information content (AvgIpc) is 2.73. The molecule has 2 rings (SSSR count). The van der Waals surface area contributed by atoms with Gasteiger partial charge >= 0.3 is 0 Å². The van der Waals surface area contributed by atoms with Crippen LogP contribution in [0.5, 0.6) is 11.5 Å². The molecular formula is C22H32N4O2. The summed E-state index contributed by atoms with van der Waals surface area (Å²) in [5, 5.41) is 10.3. The van der Waals surface area contributed by atoms with Gasteiger partial charge < -0.3 is 25.4 Å². The Morgan fingerprint density at radius 2 is 1.68 bits per heavy atom. The first-order chi connectivity index (χ1) is 13.6. The average molecular weight is 385 g/mol. The minimum Gasteiger partial charge on any atom is -0.493 e. The molecule has 152 valence electrons. The lowest BCUT2D eigenvalue weighted by atomic mass is 10.0. The molecule has 0 aliphatic carbocycles. The molecule has 1 atom stereocenters. The maximum atomic E-state index is 5.37. The minimum absolute atomic E-state index is 0.280. The quantitative estimate of drug-likeness (QED) is 0.456. The predicted molar refractivity (Wildman–Crippen MR) is 116 cm³/mol. The lowest BCUT2D eigenvalue weighted by Crippen LogP contribution is -2.44. The van der Waals surface area contributed by atoms with Crippen molar-refractivity contribution in [2.24, 2.45) is 10.9 Å². The molecule has 1 unspecified atom stereocenters. The van der Waals surface area contributed by atoms with Gasteiger partial charge in [0.15, 0.2) is 17.5 Å². The third kappa shape index (κ3) is 6.37. The van der Waals surface area contributed by atoms with Gasteiger partial charge in [0.2, 0.25) is 0 Å². The summed E-state index contributed by atoms with van der Waals surface area (Å²) in [6.07, 6.45) is 0. The van der Waals surface area contributed by atoms with Gasteiger partial charge in [-0.25, -0.2) is 0 Å². The maximum absolute atomic E-state index is 5.37. The second kappa shape index (κ2) is 11.1. The topological polar surface area (TPSA) is 66.9 Å². The van der Waals surface area contributed by atoms with Crippen molar-refractivity contribution in [3.63, 3.8) is 0 Å². The Morgan fingerprint density at radius 1 is 0.964 bits per heavy atom. The van der Waals surface area contributed by atoms with Crippen LogP contribution in [-0.4, -0.2) is 39.8 Å². The summed E-state index contributed by atoms with van der Waals surface area (Å²) in [6, 6.07) is 16.4. The summed E-state index contributed by atoms with van der Waals surface area (Å²) in [7, 11) is 5.05. The van der Waals surface area contributed by atoms with Crippen LogP contribution in [0.2, 0.25) is 0 Å². The fraction of sp³-hybridized carbons (Fsp3) is 0.409. The lowest BCUT2D eigenvalue weighted by Gasteiger charge is -2.25. The molecule has 0 spiro atoms. The van der Waals surface area contributed by atoms with Crippen LogP contribution in [0.1, 0.15) is 19.4 Å². The SMILES string of the molecule is CN=C(NCc1ccc(OC)c(OC)c1)NCC(Nc1ccccc1)C(C)C. The summed E-state index contributed by atoms with van der Waals surface area (Å²) >= 11 is 0. The second-order valence-corrected chi connectivity index (χ2v) is 6.86. The molecule has 0 bridgehead atoms. The van der Waals surface area contributed by atoms with E-state index >= 15 is 0 Å². The van der Waals surface area contributed by atoms with Crippen LogP contribution in [0, 0.1) is 5.92 Å². The van der Waals surface area contributed by atoms with Crippen LogP contribution in [0.25, 0.3) is 0 Å². The number of anilines is 1. The number of rotatable bonds is 9. The van der Waals surface area contributed by atoms with E-state index in [0.29, 0.717) is 12.5 Å².